The standard InChI is InChI=1S/C30H37NO6/c1-19-27(36-2)14-24(15-28(19)37-3)29(33)25(13-21-11-22-6-4-5-7-23(22)12-21)17-31-9-8-20(16-31)10-26(18-32)30(34)35/h4-9,14-16,21,25-26,29,32-33H,10-13,17-18H2,1-3H3,(H,34,35)/t25-,26?,29+/m0/s1. The van der Waals surface area contributed by atoms with Crippen LogP contribution in [-0.4, -0.2) is 46.7 Å². The van der Waals surface area contributed by atoms with Gasteiger partial charge in [0.25, 0.3) is 0 Å². The van der Waals surface area contributed by atoms with Gasteiger partial charge in [0.2, 0.25) is 0 Å². The third-order valence-corrected chi connectivity index (χ3v) is 7.64. The molecule has 198 valence electrons. The number of hydrogen-bond donors (Lipinski definition) is 3. The Hall–Kier alpha value is -3.29. The number of aliphatic hydroxyl groups excluding tert-OH is 2. The van der Waals surface area contributed by atoms with Gasteiger partial charge in [-0.15, -0.1) is 0 Å². The lowest BCUT2D eigenvalue weighted by molar-refractivity contribution is -0.143. The van der Waals surface area contributed by atoms with E-state index in [0.29, 0.717) is 24.0 Å². The van der Waals surface area contributed by atoms with Crippen LogP contribution < -0.4 is 9.47 Å². The van der Waals surface area contributed by atoms with E-state index < -0.39 is 24.6 Å². The van der Waals surface area contributed by atoms with Crippen LogP contribution >= 0.6 is 0 Å². The van der Waals surface area contributed by atoms with E-state index in [0.717, 1.165) is 36.0 Å². The smallest absolute Gasteiger partial charge is 0.309 e. The van der Waals surface area contributed by atoms with Gasteiger partial charge in [-0.2, -0.15) is 0 Å². The van der Waals surface area contributed by atoms with Gasteiger partial charge in [-0.3, -0.25) is 4.79 Å². The van der Waals surface area contributed by atoms with Crippen molar-refractivity contribution in [1.82, 2.24) is 4.57 Å². The number of hydrogen-bond acceptors (Lipinski definition) is 5. The fourth-order valence-corrected chi connectivity index (χ4v) is 5.61. The van der Waals surface area contributed by atoms with E-state index in [1.807, 2.05) is 42.1 Å². The third-order valence-electron chi connectivity index (χ3n) is 7.64. The zero-order valence-electron chi connectivity index (χ0n) is 21.8. The molecule has 1 heterocycles. The van der Waals surface area contributed by atoms with Crippen molar-refractivity contribution >= 4 is 5.97 Å². The lowest BCUT2D eigenvalue weighted by Gasteiger charge is -2.27. The number of carboxylic acid groups (broad SMARTS) is 1. The molecule has 1 aromatic heterocycles. The number of carbonyl (C=O) groups is 1. The fourth-order valence-electron chi connectivity index (χ4n) is 5.61. The number of aromatic nitrogens is 1. The van der Waals surface area contributed by atoms with E-state index >= 15 is 0 Å². The number of fused-ring (bicyclic) bond motifs is 1. The first-order valence-electron chi connectivity index (χ1n) is 12.8. The van der Waals surface area contributed by atoms with Crippen molar-refractivity contribution < 1.29 is 29.6 Å². The molecule has 37 heavy (non-hydrogen) atoms. The molecular formula is C30H37NO6. The molecule has 4 rings (SSSR count). The maximum absolute atomic E-state index is 11.7. The van der Waals surface area contributed by atoms with E-state index in [-0.39, 0.29) is 12.3 Å². The molecule has 2 aromatic carbocycles. The number of ether oxygens (including phenoxy) is 2. The van der Waals surface area contributed by atoms with Crippen LogP contribution in [0.25, 0.3) is 0 Å². The predicted molar refractivity (Wildman–Crippen MR) is 141 cm³/mol. The van der Waals surface area contributed by atoms with Crippen molar-refractivity contribution in [2.45, 2.75) is 45.3 Å². The summed E-state index contributed by atoms with van der Waals surface area (Å²) in [5.74, 6) is -0.162. The number of aliphatic hydroxyl groups is 2. The van der Waals surface area contributed by atoms with Gasteiger partial charge in [0, 0.05) is 30.4 Å². The molecule has 0 amide bonds. The van der Waals surface area contributed by atoms with Gasteiger partial charge >= 0.3 is 5.97 Å². The molecule has 1 aliphatic rings. The summed E-state index contributed by atoms with van der Waals surface area (Å²) >= 11 is 0. The molecule has 3 aromatic rings. The highest BCUT2D eigenvalue weighted by Crippen LogP contribution is 2.39. The highest BCUT2D eigenvalue weighted by atomic mass is 16.5. The van der Waals surface area contributed by atoms with Crippen LogP contribution in [0, 0.1) is 24.7 Å². The number of aliphatic carboxylic acids is 1. The molecule has 0 radical (unpaired) electrons. The van der Waals surface area contributed by atoms with E-state index in [4.69, 9.17) is 9.47 Å². The van der Waals surface area contributed by atoms with Crippen molar-refractivity contribution in [3.63, 3.8) is 0 Å². The Balaban J connectivity index is 1.59. The monoisotopic (exact) mass is 507 g/mol. The molecule has 0 aliphatic heterocycles. The van der Waals surface area contributed by atoms with Gasteiger partial charge in [0.15, 0.2) is 0 Å². The minimum absolute atomic E-state index is 0.0928. The summed E-state index contributed by atoms with van der Waals surface area (Å²) in [4.78, 5) is 11.4. The molecule has 7 heteroatoms. The second kappa shape index (κ2) is 11.8. The van der Waals surface area contributed by atoms with Crippen LogP contribution in [0.4, 0.5) is 0 Å². The lowest BCUT2D eigenvalue weighted by Crippen LogP contribution is -2.22. The van der Waals surface area contributed by atoms with Crippen LogP contribution in [0.3, 0.4) is 0 Å². The zero-order valence-corrected chi connectivity index (χ0v) is 21.8. The molecule has 0 saturated carbocycles. The maximum Gasteiger partial charge on any atom is 0.309 e. The van der Waals surface area contributed by atoms with Crippen LogP contribution in [0.1, 0.15) is 40.3 Å². The zero-order chi connectivity index (χ0) is 26.5. The minimum atomic E-state index is -1.01. The molecule has 0 spiro atoms. The molecule has 0 fully saturated rings. The number of carboxylic acids is 1. The second-order valence-electron chi connectivity index (χ2n) is 10.2. The molecule has 0 saturated heterocycles. The molecule has 1 unspecified atom stereocenters. The van der Waals surface area contributed by atoms with Gasteiger partial charge in [-0.1, -0.05) is 24.3 Å². The second-order valence-corrected chi connectivity index (χ2v) is 10.2. The van der Waals surface area contributed by atoms with Gasteiger partial charge in [-0.25, -0.2) is 0 Å². The topological polar surface area (TPSA) is 101 Å². The summed E-state index contributed by atoms with van der Waals surface area (Å²) in [7, 11) is 3.23. The first kappa shape index (κ1) is 26.8. The Morgan fingerprint density at radius 3 is 2.24 bits per heavy atom. The van der Waals surface area contributed by atoms with Crippen LogP contribution in [0.2, 0.25) is 0 Å². The van der Waals surface area contributed by atoms with Gasteiger partial charge in [-0.05, 0) is 79.0 Å². The number of rotatable bonds is 12. The first-order valence-corrected chi connectivity index (χ1v) is 12.8. The lowest BCUT2D eigenvalue weighted by atomic mass is 9.85. The van der Waals surface area contributed by atoms with Crippen molar-refractivity contribution in [3.05, 3.63) is 82.7 Å². The first-order chi connectivity index (χ1) is 17.8. The molecule has 7 nitrogen and oxygen atoms in total. The van der Waals surface area contributed by atoms with E-state index in [1.54, 1.807) is 14.2 Å². The SMILES string of the molecule is COc1cc([C@@H](O)[C@@H](CC2Cc3ccccc3C2)Cn2ccc(CC(CO)C(=O)O)c2)cc(OC)c1C. The number of methoxy groups -OCH3 is 2. The van der Waals surface area contributed by atoms with Crippen molar-refractivity contribution in [3.8, 4) is 11.5 Å². The van der Waals surface area contributed by atoms with Gasteiger partial charge in [0.1, 0.15) is 11.5 Å². The normalized spacial score (nSPS) is 15.7. The van der Waals surface area contributed by atoms with E-state index in [9.17, 15) is 20.1 Å². The Bertz CT molecular complexity index is 1170. The summed E-state index contributed by atoms with van der Waals surface area (Å²) in [6, 6.07) is 14.2. The largest absolute Gasteiger partial charge is 0.496 e. The molecule has 1 aliphatic carbocycles. The Morgan fingerprint density at radius 1 is 1.08 bits per heavy atom. The highest BCUT2D eigenvalue weighted by Gasteiger charge is 2.30. The summed E-state index contributed by atoms with van der Waals surface area (Å²) in [5, 5.41) is 30.4. The molecule has 0 bridgehead atoms. The van der Waals surface area contributed by atoms with Crippen LogP contribution in [0.15, 0.2) is 54.9 Å². The summed E-state index contributed by atoms with van der Waals surface area (Å²) in [6.07, 6.45) is 6.17. The summed E-state index contributed by atoms with van der Waals surface area (Å²) in [6.45, 7) is 2.10. The number of nitrogens with zero attached hydrogens (tertiary/aromatic N) is 1. The van der Waals surface area contributed by atoms with Crippen molar-refractivity contribution in [2.24, 2.45) is 17.8 Å². The van der Waals surface area contributed by atoms with Crippen LogP contribution in [-0.2, 0) is 30.6 Å². The van der Waals surface area contributed by atoms with Crippen molar-refractivity contribution in [2.75, 3.05) is 20.8 Å². The maximum atomic E-state index is 11.7. The Morgan fingerprint density at radius 2 is 1.70 bits per heavy atom. The predicted octanol–water partition coefficient (Wildman–Crippen LogP) is 4.20. The number of benzene rings is 2. The molecule has 3 atom stereocenters. The van der Waals surface area contributed by atoms with Crippen molar-refractivity contribution in [1.29, 1.82) is 0 Å². The van der Waals surface area contributed by atoms with Crippen LogP contribution in [0.5, 0.6) is 11.5 Å². The van der Waals surface area contributed by atoms with E-state index in [2.05, 4.69) is 24.3 Å². The highest BCUT2D eigenvalue weighted by molar-refractivity contribution is 5.70. The summed E-state index contributed by atoms with van der Waals surface area (Å²) < 4.78 is 13.1. The van der Waals surface area contributed by atoms with E-state index in [1.165, 1.54) is 11.1 Å². The third kappa shape index (κ3) is 6.17. The minimum Gasteiger partial charge on any atom is -0.496 e. The average molecular weight is 508 g/mol. The Kier molecular flexibility index (Phi) is 8.56. The van der Waals surface area contributed by atoms with Gasteiger partial charge < -0.3 is 29.4 Å². The average Bonchev–Trinajstić information content (AvgIpc) is 3.52. The fraction of sp³-hybridized carbons (Fsp3) is 0.433. The van der Waals surface area contributed by atoms with Gasteiger partial charge in [0.05, 0.1) is 32.8 Å². The Labute approximate surface area is 218 Å². The molecular weight excluding hydrogens is 470 g/mol. The molecule has 3 N–H and O–H groups in total. The summed E-state index contributed by atoms with van der Waals surface area (Å²) in [5.41, 5.74) is 5.24. The quantitative estimate of drug-likeness (QED) is 0.340.